The van der Waals surface area contributed by atoms with E-state index in [9.17, 15) is 4.79 Å². The van der Waals surface area contributed by atoms with Crippen LogP contribution in [0.2, 0.25) is 0 Å². The highest BCUT2D eigenvalue weighted by molar-refractivity contribution is 9.10. The Balaban J connectivity index is 2.07. The second-order valence-corrected chi connectivity index (χ2v) is 6.80. The van der Waals surface area contributed by atoms with Gasteiger partial charge in [-0.15, -0.1) is 0 Å². The van der Waals surface area contributed by atoms with Gasteiger partial charge in [0.15, 0.2) is 0 Å². The number of halogens is 1. The predicted octanol–water partition coefficient (Wildman–Crippen LogP) is 4.79. The monoisotopic (exact) mass is 359 g/mol. The van der Waals surface area contributed by atoms with Crippen LogP contribution < -0.4 is 5.32 Å². The molecule has 0 aliphatic carbocycles. The summed E-state index contributed by atoms with van der Waals surface area (Å²) in [6, 6.07) is 12.2. The minimum absolute atomic E-state index is 0.0129. The fraction of sp³-hybridized carbons (Fsp3) is 0.316. The topological polar surface area (TPSA) is 29.1 Å². The van der Waals surface area contributed by atoms with Gasteiger partial charge in [-0.25, -0.2) is 0 Å². The van der Waals surface area contributed by atoms with E-state index in [1.807, 2.05) is 31.2 Å². The summed E-state index contributed by atoms with van der Waals surface area (Å²) in [5.41, 5.74) is 5.96. The van der Waals surface area contributed by atoms with Crippen LogP contribution in [0.4, 0.5) is 0 Å². The molecule has 0 saturated heterocycles. The standard InChI is InChI=1S/C19H22BrNO/c1-12-8-14(3)18(9-13(12)2)15(4)21-19(22)11-16-6-5-7-17(20)10-16/h5-10,15H,11H2,1-4H3,(H,21,22)/t15-/m0/s1. The normalized spacial score (nSPS) is 12.0. The van der Waals surface area contributed by atoms with Crippen LogP contribution in [-0.2, 0) is 11.2 Å². The number of aryl methyl sites for hydroxylation is 3. The SMILES string of the molecule is Cc1cc(C)c([C@H](C)NC(=O)Cc2cccc(Br)c2)cc1C. The summed E-state index contributed by atoms with van der Waals surface area (Å²) < 4.78 is 0.996. The maximum absolute atomic E-state index is 12.2. The van der Waals surface area contributed by atoms with Gasteiger partial charge in [-0.2, -0.15) is 0 Å². The van der Waals surface area contributed by atoms with Crippen molar-refractivity contribution in [3.63, 3.8) is 0 Å². The molecule has 22 heavy (non-hydrogen) atoms. The van der Waals surface area contributed by atoms with Crippen molar-refractivity contribution in [3.05, 3.63) is 68.7 Å². The molecule has 3 heteroatoms. The lowest BCUT2D eigenvalue weighted by Crippen LogP contribution is -2.28. The number of benzene rings is 2. The molecule has 2 rings (SSSR count). The average molecular weight is 360 g/mol. The molecular formula is C19H22BrNO. The molecule has 0 heterocycles. The molecule has 1 amide bonds. The van der Waals surface area contributed by atoms with Gasteiger partial charge in [0, 0.05) is 4.47 Å². The van der Waals surface area contributed by atoms with Crippen LogP contribution in [0.3, 0.4) is 0 Å². The van der Waals surface area contributed by atoms with Crippen LogP contribution in [0.15, 0.2) is 40.9 Å². The number of hydrogen-bond donors (Lipinski definition) is 1. The van der Waals surface area contributed by atoms with Crippen molar-refractivity contribution < 1.29 is 4.79 Å². The Morgan fingerprint density at radius 2 is 1.77 bits per heavy atom. The summed E-state index contributed by atoms with van der Waals surface area (Å²) in [7, 11) is 0. The van der Waals surface area contributed by atoms with Crippen molar-refractivity contribution in [2.24, 2.45) is 0 Å². The van der Waals surface area contributed by atoms with E-state index in [0.717, 1.165) is 10.0 Å². The van der Waals surface area contributed by atoms with Gasteiger partial charge >= 0.3 is 0 Å². The third kappa shape index (κ3) is 4.20. The van der Waals surface area contributed by atoms with Crippen LogP contribution in [0, 0.1) is 20.8 Å². The molecule has 0 aliphatic rings. The summed E-state index contributed by atoms with van der Waals surface area (Å²) >= 11 is 3.43. The number of rotatable bonds is 4. The number of carbonyl (C=O) groups excluding carboxylic acids is 1. The highest BCUT2D eigenvalue weighted by Gasteiger charge is 2.13. The van der Waals surface area contributed by atoms with Gasteiger partial charge in [0.05, 0.1) is 12.5 Å². The second-order valence-electron chi connectivity index (χ2n) is 5.89. The third-order valence-corrected chi connectivity index (χ3v) is 4.47. The van der Waals surface area contributed by atoms with E-state index in [1.54, 1.807) is 0 Å². The first-order valence-electron chi connectivity index (χ1n) is 7.48. The van der Waals surface area contributed by atoms with Crippen LogP contribution in [0.1, 0.15) is 40.8 Å². The molecule has 1 atom stereocenters. The maximum Gasteiger partial charge on any atom is 0.224 e. The van der Waals surface area contributed by atoms with E-state index >= 15 is 0 Å². The fourth-order valence-electron chi connectivity index (χ4n) is 2.65. The zero-order chi connectivity index (χ0) is 16.3. The van der Waals surface area contributed by atoms with Gasteiger partial charge in [-0.1, -0.05) is 40.2 Å². The molecule has 0 radical (unpaired) electrons. The van der Waals surface area contributed by atoms with Crippen molar-refractivity contribution in [1.82, 2.24) is 5.32 Å². The summed E-state index contributed by atoms with van der Waals surface area (Å²) in [4.78, 5) is 12.2. The first-order valence-corrected chi connectivity index (χ1v) is 8.27. The molecule has 0 unspecified atom stereocenters. The van der Waals surface area contributed by atoms with E-state index in [0.29, 0.717) is 6.42 Å². The molecule has 116 valence electrons. The van der Waals surface area contributed by atoms with Crippen LogP contribution in [-0.4, -0.2) is 5.91 Å². The molecule has 1 N–H and O–H groups in total. The van der Waals surface area contributed by atoms with Gasteiger partial charge in [0.1, 0.15) is 0 Å². The Morgan fingerprint density at radius 1 is 1.09 bits per heavy atom. The lowest BCUT2D eigenvalue weighted by atomic mass is 9.96. The Labute approximate surface area is 141 Å². The predicted molar refractivity (Wildman–Crippen MR) is 95.1 cm³/mol. The summed E-state index contributed by atoms with van der Waals surface area (Å²) in [6.45, 7) is 8.35. The summed E-state index contributed by atoms with van der Waals surface area (Å²) in [5.74, 6) is 0.0447. The minimum atomic E-state index is 0.0129. The minimum Gasteiger partial charge on any atom is -0.349 e. The number of hydrogen-bond acceptors (Lipinski definition) is 1. The molecule has 2 aromatic carbocycles. The second kappa shape index (κ2) is 7.10. The number of carbonyl (C=O) groups is 1. The van der Waals surface area contributed by atoms with E-state index in [4.69, 9.17) is 0 Å². The lowest BCUT2D eigenvalue weighted by Gasteiger charge is -2.18. The molecule has 0 aliphatic heterocycles. The van der Waals surface area contributed by atoms with Crippen molar-refractivity contribution in [2.75, 3.05) is 0 Å². The molecule has 0 aromatic heterocycles. The first-order chi connectivity index (χ1) is 10.4. The highest BCUT2D eigenvalue weighted by Crippen LogP contribution is 2.22. The molecular weight excluding hydrogens is 338 g/mol. The molecule has 0 fully saturated rings. The highest BCUT2D eigenvalue weighted by atomic mass is 79.9. The fourth-order valence-corrected chi connectivity index (χ4v) is 3.10. The Hall–Kier alpha value is -1.61. The van der Waals surface area contributed by atoms with E-state index in [2.05, 4.69) is 54.2 Å². The van der Waals surface area contributed by atoms with Crippen molar-refractivity contribution in [2.45, 2.75) is 40.2 Å². The number of amides is 1. The molecule has 2 nitrogen and oxygen atoms in total. The van der Waals surface area contributed by atoms with Crippen molar-refractivity contribution >= 4 is 21.8 Å². The summed E-state index contributed by atoms with van der Waals surface area (Å²) in [6.07, 6.45) is 0.396. The van der Waals surface area contributed by atoms with E-state index in [-0.39, 0.29) is 11.9 Å². The Kier molecular flexibility index (Phi) is 5.41. The van der Waals surface area contributed by atoms with Gasteiger partial charge < -0.3 is 5.32 Å². The van der Waals surface area contributed by atoms with Crippen LogP contribution >= 0.6 is 15.9 Å². The first kappa shape index (κ1) is 16.8. The van der Waals surface area contributed by atoms with Crippen LogP contribution in [0.25, 0.3) is 0 Å². The molecule has 2 aromatic rings. The molecule has 0 bridgehead atoms. The zero-order valence-corrected chi connectivity index (χ0v) is 15.1. The van der Waals surface area contributed by atoms with Crippen LogP contribution in [0.5, 0.6) is 0 Å². The largest absolute Gasteiger partial charge is 0.349 e. The lowest BCUT2D eigenvalue weighted by molar-refractivity contribution is -0.121. The van der Waals surface area contributed by atoms with Gasteiger partial charge in [0.25, 0.3) is 0 Å². The number of nitrogens with one attached hydrogen (secondary N) is 1. The van der Waals surface area contributed by atoms with E-state index in [1.165, 1.54) is 22.3 Å². The van der Waals surface area contributed by atoms with Gasteiger partial charge in [-0.3, -0.25) is 4.79 Å². The Bertz CT molecular complexity index is 694. The summed E-state index contributed by atoms with van der Waals surface area (Å²) in [5, 5.41) is 3.10. The quantitative estimate of drug-likeness (QED) is 0.834. The zero-order valence-electron chi connectivity index (χ0n) is 13.5. The Morgan fingerprint density at radius 3 is 2.45 bits per heavy atom. The molecule has 0 spiro atoms. The van der Waals surface area contributed by atoms with Crippen molar-refractivity contribution in [1.29, 1.82) is 0 Å². The van der Waals surface area contributed by atoms with Gasteiger partial charge in [0.2, 0.25) is 5.91 Å². The van der Waals surface area contributed by atoms with E-state index < -0.39 is 0 Å². The van der Waals surface area contributed by atoms with Crippen molar-refractivity contribution in [3.8, 4) is 0 Å². The molecule has 0 saturated carbocycles. The third-order valence-electron chi connectivity index (χ3n) is 3.98. The van der Waals surface area contributed by atoms with Gasteiger partial charge in [-0.05, 0) is 67.6 Å². The smallest absolute Gasteiger partial charge is 0.224 e. The maximum atomic E-state index is 12.2. The average Bonchev–Trinajstić information content (AvgIpc) is 2.42.